The Balaban J connectivity index is 1.74. The second-order valence-electron chi connectivity index (χ2n) is 4.30. The summed E-state index contributed by atoms with van der Waals surface area (Å²) < 4.78 is 5.35. The van der Waals surface area contributed by atoms with Gasteiger partial charge >= 0.3 is 0 Å². The Kier molecular flexibility index (Phi) is 2.73. The minimum absolute atomic E-state index is 0.300. The zero-order valence-corrected chi connectivity index (χ0v) is 9.84. The van der Waals surface area contributed by atoms with Crippen molar-refractivity contribution in [2.24, 2.45) is 0 Å². The van der Waals surface area contributed by atoms with E-state index in [0.29, 0.717) is 5.75 Å². The predicted molar refractivity (Wildman–Crippen MR) is 69.5 cm³/mol. The van der Waals surface area contributed by atoms with Crippen LogP contribution in [-0.4, -0.2) is 10.1 Å². The second kappa shape index (κ2) is 4.53. The minimum Gasteiger partial charge on any atom is -0.508 e. The summed E-state index contributed by atoms with van der Waals surface area (Å²) in [7, 11) is 0. The van der Waals surface area contributed by atoms with Crippen LogP contribution in [0.15, 0.2) is 53.3 Å². The van der Waals surface area contributed by atoms with E-state index in [0.717, 1.165) is 29.5 Å². The first kappa shape index (κ1) is 10.8. The van der Waals surface area contributed by atoms with Gasteiger partial charge in [-0.1, -0.05) is 12.1 Å². The number of rotatable bonds is 3. The number of pyridine rings is 1. The van der Waals surface area contributed by atoms with Gasteiger partial charge in [-0.25, -0.2) is 0 Å². The fraction of sp³-hybridized carbons (Fsp3) is 0.133. The average Bonchev–Trinajstić information content (AvgIpc) is 2.85. The number of aromatic nitrogens is 1. The smallest absolute Gasteiger partial charge is 0.137 e. The molecule has 0 saturated heterocycles. The van der Waals surface area contributed by atoms with Crippen LogP contribution in [0.2, 0.25) is 0 Å². The maximum atomic E-state index is 9.21. The molecule has 0 saturated carbocycles. The van der Waals surface area contributed by atoms with Crippen LogP contribution in [0.4, 0.5) is 0 Å². The highest BCUT2D eigenvalue weighted by molar-refractivity contribution is 5.76. The van der Waals surface area contributed by atoms with Crippen molar-refractivity contribution in [2.45, 2.75) is 12.8 Å². The number of phenolic OH excluding ortho intramolecular Hbond substituents is 1. The molecule has 1 N–H and O–H groups in total. The molecule has 0 spiro atoms. The van der Waals surface area contributed by atoms with Gasteiger partial charge < -0.3 is 9.52 Å². The van der Waals surface area contributed by atoms with Crippen LogP contribution in [0, 0.1) is 0 Å². The Morgan fingerprint density at radius 2 is 1.89 bits per heavy atom. The number of phenols is 1. The lowest BCUT2D eigenvalue weighted by Crippen LogP contribution is -1.93. The molecule has 1 aromatic carbocycles. The van der Waals surface area contributed by atoms with Gasteiger partial charge in [-0.15, -0.1) is 0 Å². The summed E-state index contributed by atoms with van der Waals surface area (Å²) in [4.78, 5) is 4.40. The molecule has 0 aliphatic carbocycles. The topological polar surface area (TPSA) is 46.3 Å². The third-order valence-electron chi connectivity index (χ3n) is 3.00. The summed E-state index contributed by atoms with van der Waals surface area (Å²) in [5.74, 6) is 0.300. The molecule has 0 aliphatic rings. The third-order valence-corrected chi connectivity index (χ3v) is 3.00. The largest absolute Gasteiger partial charge is 0.508 e. The number of benzene rings is 1. The van der Waals surface area contributed by atoms with Gasteiger partial charge in [-0.2, -0.15) is 0 Å². The van der Waals surface area contributed by atoms with Crippen molar-refractivity contribution in [3.8, 4) is 5.75 Å². The number of hydrogen-bond acceptors (Lipinski definition) is 3. The Bertz CT molecular complexity index is 656. The lowest BCUT2D eigenvalue weighted by Gasteiger charge is -2.02. The zero-order valence-electron chi connectivity index (χ0n) is 9.84. The number of aryl methyl sites for hydroxylation is 2. The molecule has 2 aromatic heterocycles. The van der Waals surface area contributed by atoms with Gasteiger partial charge in [0.2, 0.25) is 0 Å². The van der Waals surface area contributed by atoms with Crippen molar-refractivity contribution in [1.82, 2.24) is 4.98 Å². The third kappa shape index (κ3) is 2.20. The molecule has 0 unspecified atom stereocenters. The fourth-order valence-corrected chi connectivity index (χ4v) is 1.97. The van der Waals surface area contributed by atoms with Gasteiger partial charge in [0.1, 0.15) is 11.3 Å². The summed E-state index contributed by atoms with van der Waals surface area (Å²) >= 11 is 0. The van der Waals surface area contributed by atoms with E-state index in [1.165, 1.54) is 5.56 Å². The monoisotopic (exact) mass is 239 g/mol. The molecule has 3 nitrogen and oxygen atoms in total. The molecular formula is C15H13NO2. The fourth-order valence-electron chi connectivity index (χ4n) is 1.97. The maximum absolute atomic E-state index is 9.21. The van der Waals surface area contributed by atoms with Crippen molar-refractivity contribution >= 4 is 11.0 Å². The van der Waals surface area contributed by atoms with E-state index in [1.54, 1.807) is 18.4 Å². The van der Waals surface area contributed by atoms with E-state index in [9.17, 15) is 5.11 Å². The number of fused-ring (bicyclic) bond motifs is 1. The Labute approximate surface area is 105 Å². The molecule has 90 valence electrons. The molecule has 0 aliphatic heterocycles. The van der Waals surface area contributed by atoms with Gasteiger partial charge in [-0.05, 0) is 36.6 Å². The number of hydrogen-bond donors (Lipinski definition) is 1. The Morgan fingerprint density at radius 3 is 2.72 bits per heavy atom. The second-order valence-corrected chi connectivity index (χ2v) is 4.30. The minimum atomic E-state index is 0.300. The van der Waals surface area contributed by atoms with Gasteiger partial charge in [0.15, 0.2) is 0 Å². The summed E-state index contributed by atoms with van der Waals surface area (Å²) in [6, 6.07) is 11.2. The van der Waals surface area contributed by atoms with Gasteiger partial charge in [0.05, 0.1) is 6.26 Å². The summed E-state index contributed by atoms with van der Waals surface area (Å²) in [5, 5.41) is 10.2. The van der Waals surface area contributed by atoms with Crippen LogP contribution in [0.1, 0.15) is 11.3 Å². The maximum Gasteiger partial charge on any atom is 0.137 e. The van der Waals surface area contributed by atoms with E-state index in [4.69, 9.17) is 4.42 Å². The number of nitrogens with zero attached hydrogens (tertiary/aromatic N) is 1. The summed E-state index contributed by atoms with van der Waals surface area (Å²) in [5.41, 5.74) is 3.09. The number of aromatic hydroxyl groups is 1. The van der Waals surface area contributed by atoms with Gasteiger partial charge in [-0.3, -0.25) is 4.98 Å². The predicted octanol–water partition coefficient (Wildman–Crippen LogP) is 3.32. The van der Waals surface area contributed by atoms with E-state index < -0.39 is 0 Å². The molecule has 0 fully saturated rings. The van der Waals surface area contributed by atoms with Crippen molar-refractivity contribution in [3.05, 3.63) is 60.1 Å². The highest BCUT2D eigenvalue weighted by Crippen LogP contribution is 2.16. The molecule has 18 heavy (non-hydrogen) atoms. The van der Waals surface area contributed by atoms with E-state index in [1.807, 2.05) is 30.5 Å². The molecule has 3 aromatic rings. The van der Waals surface area contributed by atoms with E-state index >= 15 is 0 Å². The molecule has 0 amide bonds. The molecule has 3 heteroatoms. The van der Waals surface area contributed by atoms with E-state index in [2.05, 4.69) is 4.98 Å². The molecule has 2 heterocycles. The first-order chi connectivity index (χ1) is 8.81. The van der Waals surface area contributed by atoms with Crippen molar-refractivity contribution in [2.75, 3.05) is 0 Å². The normalized spacial score (nSPS) is 10.9. The summed E-state index contributed by atoms with van der Waals surface area (Å²) in [6.45, 7) is 0. The first-order valence-corrected chi connectivity index (χ1v) is 5.91. The Morgan fingerprint density at radius 1 is 1.06 bits per heavy atom. The van der Waals surface area contributed by atoms with Crippen LogP contribution < -0.4 is 0 Å². The SMILES string of the molecule is Oc1ccc(CCc2cc3occc3cn2)cc1. The number of furan rings is 1. The summed E-state index contributed by atoms with van der Waals surface area (Å²) in [6.07, 6.45) is 5.28. The molecule has 0 atom stereocenters. The quantitative estimate of drug-likeness (QED) is 0.762. The molecule has 0 bridgehead atoms. The highest BCUT2D eigenvalue weighted by Gasteiger charge is 2.01. The van der Waals surface area contributed by atoms with E-state index in [-0.39, 0.29) is 0 Å². The molecule has 0 radical (unpaired) electrons. The standard InChI is InChI=1S/C15H13NO2/c17-14-5-2-11(3-6-14)1-4-13-9-15-12(10-16-13)7-8-18-15/h2-3,5-10,17H,1,4H2. The van der Waals surface area contributed by atoms with Gasteiger partial charge in [0.25, 0.3) is 0 Å². The van der Waals surface area contributed by atoms with Crippen molar-refractivity contribution in [3.63, 3.8) is 0 Å². The Hall–Kier alpha value is -2.29. The lowest BCUT2D eigenvalue weighted by atomic mass is 10.1. The first-order valence-electron chi connectivity index (χ1n) is 5.91. The van der Waals surface area contributed by atoms with Crippen LogP contribution in [0.5, 0.6) is 5.75 Å². The van der Waals surface area contributed by atoms with Crippen molar-refractivity contribution in [1.29, 1.82) is 0 Å². The zero-order chi connectivity index (χ0) is 12.4. The lowest BCUT2D eigenvalue weighted by molar-refractivity contribution is 0.475. The van der Waals surface area contributed by atoms with Crippen LogP contribution in [0.25, 0.3) is 11.0 Å². The average molecular weight is 239 g/mol. The molecular weight excluding hydrogens is 226 g/mol. The van der Waals surface area contributed by atoms with Gasteiger partial charge in [0, 0.05) is 23.3 Å². The highest BCUT2D eigenvalue weighted by atomic mass is 16.3. The van der Waals surface area contributed by atoms with Crippen molar-refractivity contribution < 1.29 is 9.52 Å². The van der Waals surface area contributed by atoms with Crippen LogP contribution in [-0.2, 0) is 12.8 Å². The van der Waals surface area contributed by atoms with Crippen LogP contribution >= 0.6 is 0 Å². The molecule has 3 rings (SSSR count). The van der Waals surface area contributed by atoms with Crippen LogP contribution in [0.3, 0.4) is 0 Å².